The minimum atomic E-state index is -4.45. The zero-order valence-corrected chi connectivity index (χ0v) is 35.1. The van der Waals surface area contributed by atoms with Crippen LogP contribution in [0.25, 0.3) is 0 Å². The van der Waals surface area contributed by atoms with Gasteiger partial charge in [-0.05, 0) is 87.3 Å². The molecular formula is C40H60F6O7Si2. The maximum absolute atomic E-state index is 13.2. The fraction of sp³-hybridized carbons (Fsp3) is 0.700. The van der Waals surface area contributed by atoms with Crippen molar-refractivity contribution in [2.75, 3.05) is 26.4 Å². The predicted molar refractivity (Wildman–Crippen MR) is 203 cm³/mol. The third kappa shape index (κ3) is 12.6. The lowest BCUT2D eigenvalue weighted by Gasteiger charge is -2.52. The van der Waals surface area contributed by atoms with Crippen molar-refractivity contribution in [1.29, 1.82) is 0 Å². The molecule has 2 unspecified atom stereocenters. The summed E-state index contributed by atoms with van der Waals surface area (Å²) in [5, 5.41) is 21.2. The molecule has 0 saturated heterocycles. The summed E-state index contributed by atoms with van der Waals surface area (Å²) in [6, 6.07) is 9.70. The second-order valence-corrected chi connectivity index (χ2v) is 26.5. The van der Waals surface area contributed by atoms with Gasteiger partial charge in [-0.2, -0.15) is 26.3 Å². The Morgan fingerprint density at radius 1 is 0.527 bits per heavy atom. The summed E-state index contributed by atoms with van der Waals surface area (Å²) in [5.41, 5.74) is -0.327. The summed E-state index contributed by atoms with van der Waals surface area (Å²) in [6.07, 6.45) is -1.48. The number of aliphatic hydroxyl groups is 2. The molecule has 15 heteroatoms. The first-order valence-electron chi connectivity index (χ1n) is 19.3. The highest BCUT2D eigenvalue weighted by Crippen LogP contribution is 2.49. The molecule has 0 bridgehead atoms. The van der Waals surface area contributed by atoms with Crippen LogP contribution in [0.4, 0.5) is 26.3 Å². The van der Waals surface area contributed by atoms with Crippen LogP contribution in [-0.4, -0.2) is 64.8 Å². The molecule has 0 aliphatic heterocycles. The van der Waals surface area contributed by atoms with Crippen LogP contribution in [0.3, 0.4) is 0 Å². The van der Waals surface area contributed by atoms with E-state index in [-0.39, 0.29) is 39.6 Å². The average Bonchev–Trinajstić information content (AvgIpc) is 3.10. The van der Waals surface area contributed by atoms with E-state index in [4.69, 9.17) is 23.1 Å². The Bertz CT molecular complexity index is 1380. The van der Waals surface area contributed by atoms with Gasteiger partial charge in [0.05, 0.1) is 50.8 Å². The highest BCUT2D eigenvalue weighted by atomic mass is 28.4. The molecule has 2 N–H and O–H groups in total. The number of ether oxygens (including phenoxy) is 4. The van der Waals surface area contributed by atoms with Crippen LogP contribution in [0.1, 0.15) is 100 Å². The summed E-state index contributed by atoms with van der Waals surface area (Å²) >= 11 is 0. The van der Waals surface area contributed by atoms with Crippen molar-refractivity contribution >= 4 is 16.6 Å². The Morgan fingerprint density at radius 3 is 1.13 bits per heavy atom. The molecule has 7 nitrogen and oxygen atoms in total. The van der Waals surface area contributed by atoms with E-state index in [1.54, 1.807) is 0 Å². The Kier molecular flexibility index (Phi) is 15.0. The van der Waals surface area contributed by atoms with E-state index in [0.29, 0.717) is 36.8 Å². The van der Waals surface area contributed by atoms with Crippen molar-refractivity contribution in [1.82, 2.24) is 0 Å². The van der Waals surface area contributed by atoms with E-state index in [1.165, 1.54) is 24.3 Å². The molecule has 0 aromatic heterocycles. The molecule has 2 atom stereocenters. The van der Waals surface area contributed by atoms with Crippen molar-refractivity contribution in [3.8, 4) is 0 Å². The quantitative estimate of drug-likeness (QED) is 0.0880. The molecule has 2 saturated carbocycles. The number of hydrogen-bond donors (Lipinski definition) is 2. The summed E-state index contributed by atoms with van der Waals surface area (Å²) < 4.78 is 111. The molecule has 2 aliphatic carbocycles. The van der Waals surface area contributed by atoms with Crippen molar-refractivity contribution in [3.05, 3.63) is 70.8 Å². The Morgan fingerprint density at radius 2 is 0.836 bits per heavy atom. The summed E-state index contributed by atoms with van der Waals surface area (Å²) in [4.78, 5) is 0. The van der Waals surface area contributed by atoms with E-state index < -0.39 is 61.8 Å². The van der Waals surface area contributed by atoms with E-state index >= 15 is 0 Å². The van der Waals surface area contributed by atoms with Gasteiger partial charge in [0.2, 0.25) is 0 Å². The predicted octanol–water partition coefficient (Wildman–Crippen LogP) is 10.7. The van der Waals surface area contributed by atoms with Crippen LogP contribution < -0.4 is 0 Å². The molecule has 2 fully saturated rings. The lowest BCUT2D eigenvalue weighted by molar-refractivity contribution is -0.227. The third-order valence-corrected chi connectivity index (χ3v) is 22.4. The van der Waals surface area contributed by atoms with Crippen molar-refractivity contribution in [3.63, 3.8) is 0 Å². The minimum absolute atomic E-state index is 0.0607. The van der Waals surface area contributed by atoms with Crippen molar-refractivity contribution in [2.45, 2.75) is 151 Å². The number of alkyl halides is 6. The lowest BCUT2D eigenvalue weighted by atomic mass is 9.94. The van der Waals surface area contributed by atoms with Gasteiger partial charge in [-0.1, -0.05) is 51.0 Å². The highest BCUT2D eigenvalue weighted by Gasteiger charge is 2.55. The number of halogens is 6. The molecule has 2 aromatic carbocycles. The lowest BCUT2D eigenvalue weighted by Crippen LogP contribution is -2.60. The van der Waals surface area contributed by atoms with Gasteiger partial charge in [-0.25, -0.2) is 0 Å². The molecule has 4 rings (SSSR count). The molecular weight excluding hydrogens is 763 g/mol. The van der Waals surface area contributed by atoms with Crippen LogP contribution >= 0.6 is 0 Å². The molecule has 0 amide bonds. The van der Waals surface area contributed by atoms with Crippen LogP contribution in [-0.2, 0) is 48.6 Å². The van der Waals surface area contributed by atoms with Gasteiger partial charge in [-0.15, -0.1) is 0 Å². The SMILES string of the molecule is CC(COCc1ccc(C(F)(F)F)cc1)(COC1(O)CCCCC1)[Si](C)(C)O[Si](C)(C)C(C)(COCc1ccc(C(F)(F)F)cc1)COC1(O)CCCCC1. The second kappa shape index (κ2) is 18.0. The maximum Gasteiger partial charge on any atom is 0.416 e. The Hall–Kier alpha value is -1.83. The van der Waals surface area contributed by atoms with Crippen LogP contribution in [0.15, 0.2) is 48.5 Å². The standard InChI is InChI=1S/C40H60F6O7Si2/c1-35(29-51-37(47)21-9-7-10-22-37,27-49-25-31-13-17-33(18-14-31)39(41,42)43)54(3,4)53-55(5,6)36(2,30-52-38(48)23-11-8-12-24-38)28-50-26-32-15-19-34(20-16-32)40(44,45)46/h13-20,47-48H,7-12,21-30H2,1-6H3. The fourth-order valence-corrected chi connectivity index (χ4v) is 15.9. The number of hydrogen-bond acceptors (Lipinski definition) is 7. The second-order valence-electron chi connectivity index (χ2n) is 17.2. The van der Waals surface area contributed by atoms with Gasteiger partial charge in [0, 0.05) is 35.8 Å². The number of rotatable bonds is 18. The van der Waals surface area contributed by atoms with E-state index in [9.17, 15) is 36.6 Å². The monoisotopic (exact) mass is 822 g/mol. The smallest absolute Gasteiger partial charge is 0.416 e. The van der Waals surface area contributed by atoms with Gasteiger partial charge in [0.15, 0.2) is 28.2 Å². The van der Waals surface area contributed by atoms with Gasteiger partial charge in [-0.3, -0.25) is 0 Å². The topological polar surface area (TPSA) is 86.6 Å². The van der Waals surface area contributed by atoms with E-state index in [2.05, 4.69) is 26.2 Å². The molecule has 0 spiro atoms. The molecule has 55 heavy (non-hydrogen) atoms. The minimum Gasteiger partial charge on any atom is -0.454 e. The Balaban J connectivity index is 1.56. The largest absolute Gasteiger partial charge is 0.454 e. The zero-order chi connectivity index (χ0) is 40.8. The molecule has 2 aromatic rings. The molecule has 2 aliphatic rings. The maximum atomic E-state index is 13.2. The average molecular weight is 823 g/mol. The molecule has 0 radical (unpaired) electrons. The summed E-state index contributed by atoms with van der Waals surface area (Å²) in [6.45, 7) is 12.9. The van der Waals surface area contributed by atoms with E-state index in [0.717, 1.165) is 62.8 Å². The van der Waals surface area contributed by atoms with Gasteiger partial charge < -0.3 is 33.3 Å². The first kappa shape index (κ1) is 45.9. The van der Waals surface area contributed by atoms with Gasteiger partial charge in [0.25, 0.3) is 0 Å². The third-order valence-electron chi connectivity index (χ3n) is 11.9. The van der Waals surface area contributed by atoms with Crippen molar-refractivity contribution < 1.29 is 59.6 Å². The first-order valence-corrected chi connectivity index (χ1v) is 25.1. The normalized spacial score (nSPS) is 20.5. The van der Waals surface area contributed by atoms with Crippen LogP contribution in [0.5, 0.6) is 0 Å². The first-order chi connectivity index (χ1) is 25.4. The number of benzene rings is 2. The van der Waals surface area contributed by atoms with Crippen LogP contribution in [0.2, 0.25) is 36.3 Å². The Labute approximate surface area is 324 Å². The summed E-state index contributed by atoms with van der Waals surface area (Å²) in [7, 11) is -5.87. The van der Waals surface area contributed by atoms with Gasteiger partial charge in [0.1, 0.15) is 0 Å². The fourth-order valence-electron chi connectivity index (χ4n) is 7.12. The van der Waals surface area contributed by atoms with Gasteiger partial charge >= 0.3 is 12.4 Å². The zero-order valence-electron chi connectivity index (χ0n) is 33.1. The highest BCUT2D eigenvalue weighted by molar-refractivity contribution is 6.87. The van der Waals surface area contributed by atoms with E-state index in [1.807, 2.05) is 13.8 Å². The van der Waals surface area contributed by atoms with Crippen LogP contribution in [0, 0.1) is 0 Å². The summed E-state index contributed by atoms with van der Waals surface area (Å²) in [5.74, 6) is -2.57. The molecule has 0 heterocycles. The van der Waals surface area contributed by atoms with Crippen molar-refractivity contribution in [2.24, 2.45) is 0 Å². The molecule has 312 valence electrons.